The van der Waals surface area contributed by atoms with E-state index in [0.717, 1.165) is 31.8 Å². The molecule has 5 heteroatoms. The third kappa shape index (κ3) is 5.79. The first-order valence-corrected chi connectivity index (χ1v) is 9.31. The predicted molar refractivity (Wildman–Crippen MR) is 85.1 cm³/mol. The van der Waals surface area contributed by atoms with Gasteiger partial charge in [-0.25, -0.2) is 0 Å². The zero-order chi connectivity index (χ0) is 13.5. The summed E-state index contributed by atoms with van der Waals surface area (Å²) in [5.41, 5.74) is 0. The van der Waals surface area contributed by atoms with Crippen LogP contribution < -0.4 is 5.32 Å². The predicted octanol–water partition coefficient (Wildman–Crippen LogP) is 3.01. The summed E-state index contributed by atoms with van der Waals surface area (Å²) >= 11 is 3.91. The lowest BCUT2D eigenvalue weighted by molar-refractivity contribution is 0.485. The van der Waals surface area contributed by atoms with Crippen LogP contribution in [-0.2, 0) is 12.8 Å². The van der Waals surface area contributed by atoms with E-state index in [1.807, 2.05) is 11.3 Å². The van der Waals surface area contributed by atoms with Crippen molar-refractivity contribution >= 4 is 23.1 Å². The van der Waals surface area contributed by atoms with Crippen molar-refractivity contribution in [2.24, 2.45) is 11.8 Å². The van der Waals surface area contributed by atoms with Crippen molar-refractivity contribution in [3.05, 3.63) is 10.0 Å². The van der Waals surface area contributed by atoms with E-state index in [2.05, 4.69) is 41.1 Å². The number of rotatable bonds is 7. The lowest BCUT2D eigenvalue weighted by Gasteiger charge is -2.19. The van der Waals surface area contributed by atoms with Crippen LogP contribution in [-0.4, -0.2) is 34.8 Å². The Bertz CT molecular complexity index is 359. The van der Waals surface area contributed by atoms with Crippen LogP contribution >= 0.6 is 23.1 Å². The van der Waals surface area contributed by atoms with Crippen molar-refractivity contribution < 1.29 is 0 Å². The molecule has 3 nitrogen and oxygen atoms in total. The van der Waals surface area contributed by atoms with E-state index in [9.17, 15) is 0 Å². The fourth-order valence-corrected chi connectivity index (χ4v) is 4.42. The molecule has 1 aromatic heterocycles. The van der Waals surface area contributed by atoms with Gasteiger partial charge in [0, 0.05) is 19.4 Å². The second-order valence-corrected chi connectivity index (χ2v) is 8.07. The second-order valence-electron chi connectivity index (χ2n) is 5.70. The molecule has 0 amide bonds. The Morgan fingerprint density at radius 3 is 2.68 bits per heavy atom. The second kappa shape index (κ2) is 8.22. The lowest BCUT2D eigenvalue weighted by atomic mass is 9.99. The molecule has 0 aliphatic carbocycles. The number of nitrogens with one attached hydrogen (secondary N) is 1. The van der Waals surface area contributed by atoms with Crippen LogP contribution in [0.15, 0.2) is 0 Å². The van der Waals surface area contributed by atoms with Crippen LogP contribution in [0.2, 0.25) is 0 Å². The topological polar surface area (TPSA) is 37.8 Å². The third-order valence-corrected chi connectivity index (χ3v) is 5.44. The first-order chi connectivity index (χ1) is 9.24. The smallest absolute Gasteiger partial charge is 0.118 e. The summed E-state index contributed by atoms with van der Waals surface area (Å²) in [5.74, 6) is 4.22. The van der Waals surface area contributed by atoms with E-state index in [4.69, 9.17) is 0 Å². The molecule has 19 heavy (non-hydrogen) atoms. The monoisotopic (exact) mass is 299 g/mol. The van der Waals surface area contributed by atoms with Crippen molar-refractivity contribution in [2.45, 2.75) is 39.5 Å². The van der Waals surface area contributed by atoms with Gasteiger partial charge in [-0.2, -0.15) is 11.8 Å². The SMILES string of the molecule is CC(C)CNCCc1nnc(CC2CCSCC2)s1. The van der Waals surface area contributed by atoms with Gasteiger partial charge in [0.2, 0.25) is 0 Å². The minimum absolute atomic E-state index is 0.717. The van der Waals surface area contributed by atoms with Gasteiger partial charge in [0.1, 0.15) is 10.0 Å². The van der Waals surface area contributed by atoms with Crippen molar-refractivity contribution in [1.29, 1.82) is 0 Å². The van der Waals surface area contributed by atoms with E-state index < -0.39 is 0 Å². The molecule has 0 saturated carbocycles. The Morgan fingerprint density at radius 1 is 1.21 bits per heavy atom. The summed E-state index contributed by atoms with van der Waals surface area (Å²) in [4.78, 5) is 0. The highest BCUT2D eigenvalue weighted by Crippen LogP contribution is 2.26. The van der Waals surface area contributed by atoms with E-state index in [-0.39, 0.29) is 0 Å². The molecule has 108 valence electrons. The molecule has 1 aliphatic rings. The molecule has 0 aromatic carbocycles. The standard InChI is InChI=1S/C14H25N3S2/c1-11(2)10-15-6-3-13-16-17-14(19-13)9-12-4-7-18-8-5-12/h11-12,15H,3-10H2,1-2H3. The molecule has 2 heterocycles. The fraction of sp³-hybridized carbons (Fsp3) is 0.857. The number of nitrogens with zero attached hydrogens (tertiary/aromatic N) is 2. The molecule has 1 N–H and O–H groups in total. The molecule has 1 aromatic rings. The van der Waals surface area contributed by atoms with Gasteiger partial charge in [-0.05, 0) is 42.7 Å². The molecule has 0 radical (unpaired) electrons. The quantitative estimate of drug-likeness (QED) is 0.785. The fourth-order valence-electron chi connectivity index (χ4n) is 2.26. The molecule has 0 bridgehead atoms. The summed E-state index contributed by atoms with van der Waals surface area (Å²) in [6.07, 6.45) is 4.88. The molecular weight excluding hydrogens is 274 g/mol. The molecule has 0 atom stereocenters. The van der Waals surface area contributed by atoms with Gasteiger partial charge in [0.15, 0.2) is 0 Å². The van der Waals surface area contributed by atoms with Gasteiger partial charge in [0.05, 0.1) is 0 Å². The van der Waals surface area contributed by atoms with Crippen molar-refractivity contribution in [3.63, 3.8) is 0 Å². The number of hydrogen-bond donors (Lipinski definition) is 1. The molecule has 0 unspecified atom stereocenters. The molecule has 1 aliphatic heterocycles. The van der Waals surface area contributed by atoms with Crippen LogP contribution in [0, 0.1) is 11.8 Å². The van der Waals surface area contributed by atoms with Crippen LogP contribution in [0.1, 0.15) is 36.7 Å². The lowest BCUT2D eigenvalue weighted by Crippen LogP contribution is -2.22. The molecule has 1 fully saturated rings. The Labute approximate surface area is 125 Å². The van der Waals surface area contributed by atoms with Crippen LogP contribution in [0.3, 0.4) is 0 Å². The Morgan fingerprint density at radius 2 is 1.95 bits per heavy atom. The van der Waals surface area contributed by atoms with Crippen molar-refractivity contribution in [3.8, 4) is 0 Å². The first kappa shape index (κ1) is 15.3. The van der Waals surface area contributed by atoms with Gasteiger partial charge in [0.25, 0.3) is 0 Å². The molecule has 1 saturated heterocycles. The van der Waals surface area contributed by atoms with Crippen LogP contribution in [0.5, 0.6) is 0 Å². The number of aromatic nitrogens is 2. The first-order valence-electron chi connectivity index (χ1n) is 7.33. The Balaban J connectivity index is 1.69. The third-order valence-electron chi connectivity index (χ3n) is 3.38. The highest BCUT2D eigenvalue weighted by atomic mass is 32.2. The highest BCUT2D eigenvalue weighted by molar-refractivity contribution is 7.99. The number of thioether (sulfide) groups is 1. The average Bonchev–Trinajstić information content (AvgIpc) is 2.83. The zero-order valence-electron chi connectivity index (χ0n) is 12.0. The van der Waals surface area contributed by atoms with Gasteiger partial charge < -0.3 is 5.32 Å². The minimum Gasteiger partial charge on any atom is -0.316 e. The average molecular weight is 300 g/mol. The van der Waals surface area contributed by atoms with Gasteiger partial charge >= 0.3 is 0 Å². The van der Waals surface area contributed by atoms with Gasteiger partial charge in [-0.3, -0.25) is 0 Å². The maximum absolute atomic E-state index is 4.36. The Hall–Kier alpha value is -0.130. The summed E-state index contributed by atoms with van der Waals surface area (Å²) in [6, 6.07) is 0. The molecular formula is C14H25N3S2. The normalized spacial score (nSPS) is 17.2. The molecule has 0 spiro atoms. The van der Waals surface area contributed by atoms with E-state index in [1.165, 1.54) is 34.4 Å². The van der Waals surface area contributed by atoms with E-state index >= 15 is 0 Å². The maximum Gasteiger partial charge on any atom is 0.118 e. The maximum atomic E-state index is 4.36. The van der Waals surface area contributed by atoms with Gasteiger partial charge in [-0.15, -0.1) is 21.5 Å². The van der Waals surface area contributed by atoms with Crippen LogP contribution in [0.25, 0.3) is 0 Å². The minimum atomic E-state index is 0.717. The van der Waals surface area contributed by atoms with E-state index in [0.29, 0.717) is 5.92 Å². The van der Waals surface area contributed by atoms with Crippen LogP contribution in [0.4, 0.5) is 0 Å². The summed E-state index contributed by atoms with van der Waals surface area (Å²) in [6.45, 7) is 6.58. The summed E-state index contributed by atoms with van der Waals surface area (Å²) in [7, 11) is 0. The summed E-state index contributed by atoms with van der Waals surface area (Å²) in [5, 5.41) is 14.6. The largest absolute Gasteiger partial charge is 0.316 e. The highest BCUT2D eigenvalue weighted by Gasteiger charge is 2.16. The van der Waals surface area contributed by atoms with Crippen molar-refractivity contribution in [2.75, 3.05) is 24.6 Å². The Kier molecular flexibility index (Phi) is 6.61. The summed E-state index contributed by atoms with van der Waals surface area (Å²) < 4.78 is 0. The van der Waals surface area contributed by atoms with Crippen molar-refractivity contribution in [1.82, 2.24) is 15.5 Å². The van der Waals surface area contributed by atoms with Gasteiger partial charge in [-0.1, -0.05) is 13.8 Å². The number of hydrogen-bond acceptors (Lipinski definition) is 5. The zero-order valence-corrected chi connectivity index (χ0v) is 13.7. The van der Waals surface area contributed by atoms with E-state index in [1.54, 1.807) is 0 Å². The molecule has 2 rings (SSSR count).